The minimum absolute atomic E-state index is 0.708. The first kappa shape index (κ1) is 20.2. The van der Waals surface area contributed by atoms with Gasteiger partial charge in [0, 0.05) is 33.3 Å². The van der Waals surface area contributed by atoms with Gasteiger partial charge >= 0.3 is 0 Å². The molecule has 0 unspecified atom stereocenters. The number of aliphatic imine (C=N–C) groups is 1. The van der Waals surface area contributed by atoms with Gasteiger partial charge in [0.05, 0.1) is 13.2 Å². The van der Waals surface area contributed by atoms with Gasteiger partial charge in [0.25, 0.3) is 0 Å². The summed E-state index contributed by atoms with van der Waals surface area (Å²) in [5.41, 5.74) is 2.66. The molecule has 1 aromatic carbocycles. The average Bonchev–Trinajstić information content (AvgIpc) is 3.37. The van der Waals surface area contributed by atoms with Crippen LogP contribution < -0.4 is 5.32 Å². The van der Waals surface area contributed by atoms with Crippen molar-refractivity contribution >= 4 is 5.96 Å². The molecule has 2 fully saturated rings. The quantitative estimate of drug-likeness (QED) is 0.389. The third kappa shape index (κ3) is 7.15. The Hall–Kier alpha value is -1.59. The lowest BCUT2D eigenvalue weighted by Gasteiger charge is -2.22. The zero-order valence-electron chi connectivity index (χ0n) is 17.1. The number of ether oxygens (including phenoxy) is 1. The smallest absolute Gasteiger partial charge is 0.194 e. The van der Waals surface area contributed by atoms with E-state index in [9.17, 15) is 0 Å². The van der Waals surface area contributed by atoms with Gasteiger partial charge in [0.1, 0.15) is 0 Å². The molecule has 0 atom stereocenters. The summed E-state index contributed by atoms with van der Waals surface area (Å²) in [5, 5.41) is 3.39. The zero-order valence-corrected chi connectivity index (χ0v) is 17.1. The van der Waals surface area contributed by atoms with Crippen LogP contribution in [-0.2, 0) is 17.8 Å². The third-order valence-electron chi connectivity index (χ3n) is 5.36. The molecular formula is C22H36N4O. The fourth-order valence-corrected chi connectivity index (χ4v) is 3.43. The number of rotatable bonds is 10. The molecule has 2 aliphatic rings. The Morgan fingerprint density at radius 2 is 1.89 bits per heavy atom. The predicted octanol–water partition coefficient (Wildman–Crippen LogP) is 3.11. The van der Waals surface area contributed by atoms with Gasteiger partial charge in [0.15, 0.2) is 5.96 Å². The summed E-state index contributed by atoms with van der Waals surface area (Å²) in [6.45, 7) is 9.82. The van der Waals surface area contributed by atoms with Crippen molar-refractivity contribution in [1.82, 2.24) is 15.1 Å². The van der Waals surface area contributed by atoms with Gasteiger partial charge in [-0.25, -0.2) is 4.99 Å². The van der Waals surface area contributed by atoms with Crippen molar-refractivity contribution in [2.45, 2.75) is 45.7 Å². The van der Waals surface area contributed by atoms with E-state index in [2.05, 4.69) is 53.4 Å². The van der Waals surface area contributed by atoms with Crippen LogP contribution in [0.2, 0.25) is 0 Å². The van der Waals surface area contributed by atoms with Crippen LogP contribution >= 0.6 is 0 Å². The van der Waals surface area contributed by atoms with E-state index in [4.69, 9.17) is 9.73 Å². The van der Waals surface area contributed by atoms with E-state index in [1.165, 1.54) is 49.9 Å². The summed E-state index contributed by atoms with van der Waals surface area (Å²) in [5.74, 6) is 1.78. The first-order valence-corrected chi connectivity index (χ1v) is 10.6. The second kappa shape index (κ2) is 10.7. The number of benzene rings is 1. The number of hydrogen-bond acceptors (Lipinski definition) is 3. The summed E-state index contributed by atoms with van der Waals surface area (Å²) in [4.78, 5) is 9.51. The molecule has 1 aliphatic heterocycles. The highest BCUT2D eigenvalue weighted by Crippen LogP contribution is 2.28. The average molecular weight is 373 g/mol. The first-order valence-electron chi connectivity index (χ1n) is 10.6. The maximum atomic E-state index is 5.76. The number of guanidine groups is 1. The molecule has 5 heteroatoms. The molecule has 1 saturated heterocycles. The van der Waals surface area contributed by atoms with Crippen molar-refractivity contribution in [3.05, 3.63) is 35.4 Å². The van der Waals surface area contributed by atoms with E-state index in [0.717, 1.165) is 44.7 Å². The van der Waals surface area contributed by atoms with Crippen LogP contribution in [-0.4, -0.2) is 62.2 Å². The highest BCUT2D eigenvalue weighted by Gasteiger charge is 2.21. The van der Waals surface area contributed by atoms with Crippen molar-refractivity contribution in [3.8, 4) is 0 Å². The summed E-state index contributed by atoms with van der Waals surface area (Å²) < 4.78 is 5.76. The van der Waals surface area contributed by atoms with Crippen LogP contribution in [0.25, 0.3) is 0 Å². The Bertz CT molecular complexity index is 576. The van der Waals surface area contributed by atoms with E-state index >= 15 is 0 Å². The van der Waals surface area contributed by atoms with Gasteiger partial charge < -0.3 is 15.0 Å². The normalized spacial score (nSPS) is 18.1. The summed E-state index contributed by atoms with van der Waals surface area (Å²) in [6, 6.07) is 8.95. The first-order chi connectivity index (χ1) is 13.2. The lowest BCUT2D eigenvalue weighted by Crippen LogP contribution is -2.40. The monoisotopic (exact) mass is 372 g/mol. The van der Waals surface area contributed by atoms with Gasteiger partial charge in [-0.1, -0.05) is 24.3 Å². The van der Waals surface area contributed by atoms with Crippen molar-refractivity contribution in [1.29, 1.82) is 0 Å². The van der Waals surface area contributed by atoms with Crippen LogP contribution in [0.1, 0.15) is 43.7 Å². The second-order valence-corrected chi connectivity index (χ2v) is 7.91. The Morgan fingerprint density at radius 1 is 1.19 bits per heavy atom. The Balaban J connectivity index is 1.45. The molecule has 5 nitrogen and oxygen atoms in total. The summed E-state index contributed by atoms with van der Waals surface area (Å²) in [6.07, 6.45) is 5.38. The van der Waals surface area contributed by atoms with Crippen LogP contribution in [0.4, 0.5) is 0 Å². The molecule has 1 saturated carbocycles. The maximum absolute atomic E-state index is 5.76. The minimum atomic E-state index is 0.708. The zero-order chi connectivity index (χ0) is 18.9. The van der Waals surface area contributed by atoms with Gasteiger partial charge in [0.2, 0.25) is 0 Å². The standard InChI is InChI=1S/C22H36N4O/c1-3-23-22(25(2)14-15-27-18-21-10-11-21)24-16-19-6-8-20(9-7-19)17-26-12-4-5-13-26/h6-9,21H,3-5,10-18H2,1-2H3,(H,23,24). The number of nitrogens with one attached hydrogen (secondary N) is 1. The molecule has 0 radical (unpaired) electrons. The Kier molecular flexibility index (Phi) is 7.96. The van der Waals surface area contributed by atoms with Crippen LogP contribution in [0.5, 0.6) is 0 Å². The number of hydrogen-bond donors (Lipinski definition) is 1. The SMILES string of the molecule is CCNC(=NCc1ccc(CN2CCCC2)cc1)N(C)CCOCC1CC1. The van der Waals surface area contributed by atoms with E-state index in [1.807, 2.05) is 0 Å². The highest BCUT2D eigenvalue weighted by atomic mass is 16.5. The lowest BCUT2D eigenvalue weighted by molar-refractivity contribution is 0.115. The van der Waals surface area contributed by atoms with Crippen molar-refractivity contribution in [2.24, 2.45) is 10.9 Å². The number of nitrogens with zero attached hydrogens (tertiary/aromatic N) is 3. The number of likely N-dealkylation sites (N-methyl/N-ethyl adjacent to an activating group) is 1. The van der Waals surface area contributed by atoms with Gasteiger partial charge in [-0.2, -0.15) is 0 Å². The third-order valence-corrected chi connectivity index (χ3v) is 5.36. The van der Waals surface area contributed by atoms with Crippen molar-refractivity contribution in [2.75, 3.05) is 46.4 Å². The molecule has 0 aromatic heterocycles. The molecular weight excluding hydrogens is 336 g/mol. The Labute approximate surface area is 164 Å². The highest BCUT2D eigenvalue weighted by molar-refractivity contribution is 5.79. The van der Waals surface area contributed by atoms with Gasteiger partial charge in [-0.15, -0.1) is 0 Å². The lowest BCUT2D eigenvalue weighted by atomic mass is 10.1. The molecule has 0 amide bonds. The molecule has 150 valence electrons. The second-order valence-electron chi connectivity index (χ2n) is 7.91. The van der Waals surface area contributed by atoms with Crippen LogP contribution in [0.15, 0.2) is 29.3 Å². The fraction of sp³-hybridized carbons (Fsp3) is 0.682. The molecule has 1 aromatic rings. The van der Waals surface area contributed by atoms with Crippen LogP contribution in [0, 0.1) is 5.92 Å². The van der Waals surface area contributed by atoms with E-state index in [0.29, 0.717) is 6.54 Å². The molecule has 0 bridgehead atoms. The predicted molar refractivity (Wildman–Crippen MR) is 112 cm³/mol. The van der Waals surface area contributed by atoms with Crippen molar-refractivity contribution < 1.29 is 4.74 Å². The molecule has 27 heavy (non-hydrogen) atoms. The molecule has 0 spiro atoms. The summed E-state index contributed by atoms with van der Waals surface area (Å²) >= 11 is 0. The van der Waals surface area contributed by atoms with E-state index in [-0.39, 0.29) is 0 Å². The van der Waals surface area contributed by atoms with E-state index < -0.39 is 0 Å². The molecule has 3 rings (SSSR count). The number of likely N-dealkylation sites (tertiary alicyclic amines) is 1. The maximum Gasteiger partial charge on any atom is 0.194 e. The van der Waals surface area contributed by atoms with Gasteiger partial charge in [-0.3, -0.25) is 4.90 Å². The fourth-order valence-electron chi connectivity index (χ4n) is 3.43. The van der Waals surface area contributed by atoms with E-state index in [1.54, 1.807) is 0 Å². The van der Waals surface area contributed by atoms with Crippen molar-refractivity contribution in [3.63, 3.8) is 0 Å². The molecule has 1 heterocycles. The van der Waals surface area contributed by atoms with Crippen LogP contribution in [0.3, 0.4) is 0 Å². The molecule has 1 N–H and O–H groups in total. The Morgan fingerprint density at radius 3 is 2.56 bits per heavy atom. The largest absolute Gasteiger partial charge is 0.379 e. The summed E-state index contributed by atoms with van der Waals surface area (Å²) in [7, 11) is 2.08. The molecule has 1 aliphatic carbocycles. The van der Waals surface area contributed by atoms with Gasteiger partial charge in [-0.05, 0) is 62.7 Å². The topological polar surface area (TPSA) is 40.1 Å². The minimum Gasteiger partial charge on any atom is -0.379 e.